The standard InChI is InChI=1S/C16H26N4O3/c1-2-3-14-17-15(23-18-14)12-19-6-4-13(5-7-19)16(21)20-8-10-22-11-9-20/h13H,2-12H2,1H3. The van der Waals surface area contributed by atoms with Gasteiger partial charge >= 0.3 is 0 Å². The molecule has 7 nitrogen and oxygen atoms in total. The number of hydrogen-bond donors (Lipinski definition) is 0. The SMILES string of the molecule is CCCc1noc(CN2CCC(C(=O)N3CCOCC3)CC2)n1. The van der Waals surface area contributed by atoms with Crippen LogP contribution in [0.3, 0.4) is 0 Å². The Kier molecular flexibility index (Phi) is 5.61. The molecule has 7 heteroatoms. The number of hydrogen-bond acceptors (Lipinski definition) is 6. The molecule has 128 valence electrons. The van der Waals surface area contributed by atoms with E-state index in [4.69, 9.17) is 9.26 Å². The third kappa shape index (κ3) is 4.29. The van der Waals surface area contributed by atoms with Gasteiger partial charge in [0.25, 0.3) is 0 Å². The number of rotatable bonds is 5. The number of carbonyl (C=O) groups excluding carboxylic acids is 1. The molecule has 0 unspecified atom stereocenters. The van der Waals surface area contributed by atoms with Gasteiger partial charge in [0.1, 0.15) is 0 Å². The fraction of sp³-hybridized carbons (Fsp3) is 0.812. The molecule has 1 aromatic rings. The van der Waals surface area contributed by atoms with Crippen LogP contribution < -0.4 is 0 Å². The first kappa shape index (κ1) is 16.4. The maximum absolute atomic E-state index is 12.5. The second-order valence-corrected chi connectivity index (χ2v) is 6.34. The van der Waals surface area contributed by atoms with Crippen molar-refractivity contribution in [1.82, 2.24) is 19.9 Å². The molecular formula is C16H26N4O3. The van der Waals surface area contributed by atoms with Crippen molar-refractivity contribution in [1.29, 1.82) is 0 Å². The molecule has 0 saturated carbocycles. The molecule has 0 bridgehead atoms. The van der Waals surface area contributed by atoms with Gasteiger partial charge in [0.05, 0.1) is 19.8 Å². The van der Waals surface area contributed by atoms with Crippen molar-refractivity contribution < 1.29 is 14.1 Å². The van der Waals surface area contributed by atoms with Gasteiger partial charge < -0.3 is 14.2 Å². The lowest BCUT2D eigenvalue weighted by atomic mass is 9.95. The minimum atomic E-state index is 0.155. The molecule has 3 rings (SSSR count). The first-order valence-electron chi connectivity index (χ1n) is 8.66. The maximum Gasteiger partial charge on any atom is 0.240 e. The molecule has 2 aliphatic heterocycles. The third-order valence-corrected chi connectivity index (χ3v) is 4.60. The predicted octanol–water partition coefficient (Wildman–Crippen LogP) is 1.09. The van der Waals surface area contributed by atoms with Crippen LogP contribution in [0, 0.1) is 5.92 Å². The van der Waals surface area contributed by atoms with Crippen LogP contribution in [-0.2, 0) is 22.5 Å². The Morgan fingerprint density at radius 1 is 1.22 bits per heavy atom. The van der Waals surface area contributed by atoms with Crippen LogP contribution in [0.1, 0.15) is 37.9 Å². The number of morpholine rings is 1. The number of piperidine rings is 1. The van der Waals surface area contributed by atoms with Gasteiger partial charge in [0.2, 0.25) is 11.8 Å². The molecule has 2 aliphatic rings. The highest BCUT2D eigenvalue weighted by Gasteiger charge is 2.29. The third-order valence-electron chi connectivity index (χ3n) is 4.60. The second-order valence-electron chi connectivity index (χ2n) is 6.34. The number of nitrogens with zero attached hydrogens (tertiary/aromatic N) is 4. The zero-order valence-corrected chi connectivity index (χ0v) is 13.9. The summed E-state index contributed by atoms with van der Waals surface area (Å²) in [4.78, 5) is 21.2. The fourth-order valence-corrected chi connectivity index (χ4v) is 3.25. The molecular weight excluding hydrogens is 296 g/mol. The van der Waals surface area contributed by atoms with Crippen LogP contribution >= 0.6 is 0 Å². The van der Waals surface area contributed by atoms with Crippen LogP contribution in [0.4, 0.5) is 0 Å². The van der Waals surface area contributed by atoms with Gasteiger partial charge in [0, 0.05) is 25.4 Å². The predicted molar refractivity (Wildman–Crippen MR) is 83.7 cm³/mol. The van der Waals surface area contributed by atoms with Gasteiger partial charge in [-0.1, -0.05) is 12.1 Å². The number of amides is 1. The van der Waals surface area contributed by atoms with Crippen LogP contribution in [0.5, 0.6) is 0 Å². The van der Waals surface area contributed by atoms with E-state index in [9.17, 15) is 4.79 Å². The average Bonchev–Trinajstić information content (AvgIpc) is 3.03. The van der Waals surface area contributed by atoms with Crippen molar-refractivity contribution >= 4 is 5.91 Å². The number of carbonyl (C=O) groups is 1. The number of ether oxygens (including phenoxy) is 1. The lowest BCUT2D eigenvalue weighted by molar-refractivity contribution is -0.141. The molecule has 2 saturated heterocycles. The zero-order chi connectivity index (χ0) is 16.1. The molecule has 0 aliphatic carbocycles. The molecule has 0 spiro atoms. The Bertz CT molecular complexity index is 505. The van der Waals surface area contributed by atoms with E-state index >= 15 is 0 Å². The molecule has 1 aromatic heterocycles. The minimum absolute atomic E-state index is 0.155. The Morgan fingerprint density at radius 2 is 1.96 bits per heavy atom. The van der Waals surface area contributed by atoms with E-state index in [0.29, 0.717) is 31.6 Å². The number of aryl methyl sites for hydroxylation is 1. The van der Waals surface area contributed by atoms with Gasteiger partial charge in [0.15, 0.2) is 5.82 Å². The number of likely N-dealkylation sites (tertiary alicyclic amines) is 1. The largest absolute Gasteiger partial charge is 0.378 e. The Hall–Kier alpha value is -1.47. The second kappa shape index (κ2) is 7.88. The van der Waals surface area contributed by atoms with Crippen molar-refractivity contribution in [2.75, 3.05) is 39.4 Å². The zero-order valence-electron chi connectivity index (χ0n) is 13.9. The van der Waals surface area contributed by atoms with E-state index in [-0.39, 0.29) is 5.92 Å². The van der Waals surface area contributed by atoms with Crippen LogP contribution in [-0.4, -0.2) is 65.2 Å². The average molecular weight is 322 g/mol. The van der Waals surface area contributed by atoms with Gasteiger partial charge in [-0.25, -0.2) is 0 Å². The van der Waals surface area contributed by atoms with Crippen molar-refractivity contribution in [3.8, 4) is 0 Å². The molecule has 1 amide bonds. The summed E-state index contributed by atoms with van der Waals surface area (Å²) in [6.07, 6.45) is 3.70. The van der Waals surface area contributed by atoms with Gasteiger partial charge in [-0.3, -0.25) is 9.69 Å². The van der Waals surface area contributed by atoms with E-state index in [1.54, 1.807) is 0 Å². The first-order chi connectivity index (χ1) is 11.3. The van der Waals surface area contributed by atoms with Gasteiger partial charge in [-0.15, -0.1) is 0 Å². The summed E-state index contributed by atoms with van der Waals surface area (Å²) in [5, 5.41) is 3.99. The summed E-state index contributed by atoms with van der Waals surface area (Å²) in [5.41, 5.74) is 0. The lowest BCUT2D eigenvalue weighted by Crippen LogP contribution is -2.46. The normalized spacial score (nSPS) is 20.8. The summed E-state index contributed by atoms with van der Waals surface area (Å²) < 4.78 is 10.6. The van der Waals surface area contributed by atoms with Crippen LogP contribution in [0.15, 0.2) is 4.52 Å². The molecule has 3 heterocycles. The summed E-state index contributed by atoms with van der Waals surface area (Å²) in [7, 11) is 0. The Labute approximate surface area is 137 Å². The summed E-state index contributed by atoms with van der Waals surface area (Å²) in [6, 6.07) is 0. The summed E-state index contributed by atoms with van der Waals surface area (Å²) in [5.74, 6) is 1.94. The van der Waals surface area contributed by atoms with Gasteiger partial charge in [-0.2, -0.15) is 4.98 Å². The van der Waals surface area contributed by atoms with Crippen LogP contribution in [0.2, 0.25) is 0 Å². The van der Waals surface area contributed by atoms with Gasteiger partial charge in [-0.05, 0) is 32.4 Å². The quantitative estimate of drug-likeness (QED) is 0.808. The van der Waals surface area contributed by atoms with Crippen molar-refractivity contribution in [3.05, 3.63) is 11.7 Å². The van der Waals surface area contributed by atoms with Crippen LogP contribution in [0.25, 0.3) is 0 Å². The van der Waals surface area contributed by atoms with E-state index in [0.717, 1.165) is 57.7 Å². The topological polar surface area (TPSA) is 71.7 Å². The van der Waals surface area contributed by atoms with Crippen molar-refractivity contribution in [3.63, 3.8) is 0 Å². The fourth-order valence-electron chi connectivity index (χ4n) is 3.25. The monoisotopic (exact) mass is 322 g/mol. The minimum Gasteiger partial charge on any atom is -0.378 e. The smallest absolute Gasteiger partial charge is 0.240 e. The first-order valence-corrected chi connectivity index (χ1v) is 8.66. The Morgan fingerprint density at radius 3 is 2.65 bits per heavy atom. The van der Waals surface area contributed by atoms with Crippen molar-refractivity contribution in [2.24, 2.45) is 5.92 Å². The van der Waals surface area contributed by atoms with E-state index in [2.05, 4.69) is 22.0 Å². The molecule has 0 radical (unpaired) electrons. The highest BCUT2D eigenvalue weighted by Crippen LogP contribution is 2.21. The number of aromatic nitrogens is 2. The summed E-state index contributed by atoms with van der Waals surface area (Å²) >= 11 is 0. The van der Waals surface area contributed by atoms with E-state index in [1.165, 1.54) is 0 Å². The molecule has 0 atom stereocenters. The Balaban J connectivity index is 1.45. The summed E-state index contributed by atoms with van der Waals surface area (Å²) in [6.45, 7) is 7.42. The maximum atomic E-state index is 12.5. The molecule has 23 heavy (non-hydrogen) atoms. The van der Waals surface area contributed by atoms with E-state index < -0.39 is 0 Å². The highest BCUT2D eigenvalue weighted by atomic mass is 16.5. The lowest BCUT2D eigenvalue weighted by Gasteiger charge is -2.35. The molecule has 2 fully saturated rings. The van der Waals surface area contributed by atoms with E-state index in [1.807, 2.05) is 4.90 Å². The molecule has 0 N–H and O–H groups in total. The molecule has 0 aromatic carbocycles. The highest BCUT2D eigenvalue weighted by molar-refractivity contribution is 5.79. The van der Waals surface area contributed by atoms with Crippen molar-refractivity contribution in [2.45, 2.75) is 39.2 Å².